The molecule has 2 aromatic carbocycles. The highest BCUT2D eigenvalue weighted by atomic mass is 32.1. The van der Waals surface area contributed by atoms with Crippen LogP contribution in [0, 0.1) is 5.82 Å². The van der Waals surface area contributed by atoms with Crippen molar-refractivity contribution in [3.63, 3.8) is 0 Å². The number of carbonyl (C=O) groups is 2. The largest absolute Gasteiger partial charge is 0.419 e. The molecule has 4 rings (SSSR count). The molecule has 1 aliphatic rings. The van der Waals surface area contributed by atoms with Gasteiger partial charge in [0.05, 0.1) is 10.2 Å². The summed E-state index contributed by atoms with van der Waals surface area (Å²) in [6.45, 7) is 0.148. The molecular weight excluding hydrogens is 478 g/mol. The summed E-state index contributed by atoms with van der Waals surface area (Å²) in [4.78, 5) is 30.0. The van der Waals surface area contributed by atoms with E-state index in [4.69, 9.17) is 5.11 Å². The van der Waals surface area contributed by atoms with Gasteiger partial charge in [0.15, 0.2) is 5.13 Å². The minimum absolute atomic E-state index is 0.0150. The molecular formula is C21H21F4N5O3S. The van der Waals surface area contributed by atoms with Gasteiger partial charge in [0.2, 0.25) is 5.54 Å². The third-order valence-electron chi connectivity index (χ3n) is 5.07. The molecule has 34 heavy (non-hydrogen) atoms. The summed E-state index contributed by atoms with van der Waals surface area (Å²) in [5.74, 6) is -1.54. The minimum atomic E-state index is -4.87. The van der Waals surface area contributed by atoms with E-state index in [1.165, 1.54) is 49.5 Å². The minimum Gasteiger partial charge on any atom is -0.400 e. The predicted molar refractivity (Wildman–Crippen MR) is 120 cm³/mol. The molecule has 8 nitrogen and oxygen atoms in total. The van der Waals surface area contributed by atoms with Crippen LogP contribution in [0.5, 0.6) is 0 Å². The number of carbonyl (C=O) groups excluding carboxylic acids is 2. The van der Waals surface area contributed by atoms with Crippen LogP contribution in [0.3, 0.4) is 0 Å². The molecule has 2 heterocycles. The number of halogens is 4. The number of aliphatic hydroxyl groups excluding tert-OH is 1. The lowest BCUT2D eigenvalue weighted by Gasteiger charge is -2.42. The zero-order valence-corrected chi connectivity index (χ0v) is 18.9. The molecule has 4 N–H and O–H groups in total. The van der Waals surface area contributed by atoms with E-state index < -0.39 is 29.5 Å². The number of nitrogens with one attached hydrogen (secondary N) is 3. The second kappa shape index (κ2) is 9.91. The van der Waals surface area contributed by atoms with E-state index in [0.29, 0.717) is 15.9 Å². The van der Waals surface area contributed by atoms with Crippen molar-refractivity contribution in [2.24, 2.45) is 0 Å². The maximum atomic E-state index is 14.1. The van der Waals surface area contributed by atoms with E-state index in [0.717, 1.165) is 23.3 Å². The number of anilines is 2. The molecule has 0 radical (unpaired) electrons. The lowest BCUT2D eigenvalue weighted by molar-refractivity contribution is -0.213. The molecule has 13 heteroatoms. The number of likely N-dealkylation sites (N-methyl/N-ethyl adjacent to an activating group) is 1. The highest BCUT2D eigenvalue weighted by Gasteiger charge is 2.63. The number of hydrogen-bond donors (Lipinski definition) is 4. The van der Waals surface area contributed by atoms with Crippen molar-refractivity contribution in [1.29, 1.82) is 0 Å². The summed E-state index contributed by atoms with van der Waals surface area (Å²) in [6, 6.07) is 8.32. The van der Waals surface area contributed by atoms with Crippen molar-refractivity contribution in [3.05, 3.63) is 53.8 Å². The first-order valence-corrected chi connectivity index (χ1v) is 10.7. The second-order valence-corrected chi connectivity index (χ2v) is 8.22. The van der Waals surface area contributed by atoms with Crippen molar-refractivity contribution in [2.45, 2.75) is 11.7 Å². The van der Waals surface area contributed by atoms with Gasteiger partial charge < -0.3 is 15.3 Å². The normalized spacial score (nSPS) is 18.3. The molecule has 1 fully saturated rings. The lowest BCUT2D eigenvalue weighted by atomic mass is 9.86. The SMILES string of the molecule is CN1CCNC(c2ccc3nc(NC(=O)Nc4ccc(F)cc4)sc3c2)(C(F)(F)F)C1=O.CO. The summed E-state index contributed by atoms with van der Waals surface area (Å²) >= 11 is 0.965. The number of aliphatic hydroxyl groups is 1. The number of hydrogen-bond acceptors (Lipinski definition) is 6. The number of aromatic nitrogens is 1. The summed E-state index contributed by atoms with van der Waals surface area (Å²) in [6.07, 6.45) is -4.87. The van der Waals surface area contributed by atoms with Crippen LogP contribution in [0.25, 0.3) is 10.2 Å². The van der Waals surface area contributed by atoms with Gasteiger partial charge in [-0.3, -0.25) is 15.4 Å². The Balaban J connectivity index is 0.00000158. The maximum absolute atomic E-state index is 14.1. The van der Waals surface area contributed by atoms with Gasteiger partial charge in [0.1, 0.15) is 5.82 Å². The van der Waals surface area contributed by atoms with Gasteiger partial charge >= 0.3 is 12.2 Å². The van der Waals surface area contributed by atoms with Gasteiger partial charge in [-0.25, -0.2) is 14.2 Å². The molecule has 1 atom stereocenters. The van der Waals surface area contributed by atoms with Crippen LogP contribution in [-0.4, -0.2) is 60.4 Å². The Bertz CT molecular complexity index is 1190. The smallest absolute Gasteiger partial charge is 0.400 e. The summed E-state index contributed by atoms with van der Waals surface area (Å²) in [7, 11) is 2.33. The summed E-state index contributed by atoms with van der Waals surface area (Å²) in [5, 5.41) is 14.5. The number of piperazine rings is 1. The van der Waals surface area contributed by atoms with E-state index in [1.54, 1.807) is 0 Å². The molecule has 1 aromatic heterocycles. The molecule has 1 aliphatic heterocycles. The Morgan fingerprint density at radius 1 is 1.18 bits per heavy atom. The monoisotopic (exact) mass is 499 g/mol. The zero-order valence-electron chi connectivity index (χ0n) is 18.0. The Kier molecular flexibility index (Phi) is 7.38. The Morgan fingerprint density at radius 3 is 2.50 bits per heavy atom. The van der Waals surface area contributed by atoms with Crippen LogP contribution in [0.2, 0.25) is 0 Å². The molecule has 0 bridgehead atoms. The van der Waals surface area contributed by atoms with E-state index in [9.17, 15) is 27.2 Å². The van der Waals surface area contributed by atoms with Crippen molar-refractivity contribution in [3.8, 4) is 0 Å². The van der Waals surface area contributed by atoms with Crippen molar-refractivity contribution in [1.82, 2.24) is 15.2 Å². The average molecular weight is 499 g/mol. The Labute approximate surface area is 195 Å². The van der Waals surface area contributed by atoms with Gasteiger partial charge in [0.25, 0.3) is 5.91 Å². The molecule has 0 saturated carbocycles. The number of benzene rings is 2. The molecule has 3 amide bonds. The number of fused-ring (bicyclic) bond motifs is 1. The molecule has 0 spiro atoms. The van der Waals surface area contributed by atoms with E-state index in [1.807, 2.05) is 0 Å². The van der Waals surface area contributed by atoms with Crippen LogP contribution >= 0.6 is 11.3 Å². The average Bonchev–Trinajstić information content (AvgIpc) is 3.19. The van der Waals surface area contributed by atoms with E-state index in [-0.39, 0.29) is 23.8 Å². The predicted octanol–water partition coefficient (Wildman–Crippen LogP) is 3.51. The first-order chi connectivity index (χ1) is 16.1. The number of nitrogens with zero attached hydrogens (tertiary/aromatic N) is 2. The van der Waals surface area contributed by atoms with Gasteiger partial charge in [-0.15, -0.1) is 0 Å². The Morgan fingerprint density at radius 2 is 1.85 bits per heavy atom. The van der Waals surface area contributed by atoms with Crippen LogP contribution in [0.4, 0.5) is 33.2 Å². The molecule has 1 saturated heterocycles. The fourth-order valence-electron chi connectivity index (χ4n) is 3.49. The Hall–Kier alpha value is -3.29. The van der Waals surface area contributed by atoms with Gasteiger partial charge in [-0.05, 0) is 42.0 Å². The first-order valence-electron chi connectivity index (χ1n) is 9.87. The van der Waals surface area contributed by atoms with Gasteiger partial charge in [-0.2, -0.15) is 13.2 Å². The van der Waals surface area contributed by atoms with Crippen LogP contribution in [0.15, 0.2) is 42.5 Å². The number of amides is 3. The van der Waals surface area contributed by atoms with Gasteiger partial charge in [0, 0.05) is 32.9 Å². The highest BCUT2D eigenvalue weighted by Crippen LogP contribution is 2.43. The maximum Gasteiger partial charge on any atom is 0.419 e. The van der Waals surface area contributed by atoms with Crippen LogP contribution < -0.4 is 16.0 Å². The van der Waals surface area contributed by atoms with E-state index >= 15 is 0 Å². The standard InChI is InChI=1S/C20H17F4N5O2S.CH4O/c1-29-9-8-25-19(16(29)30,20(22,23)24)11-2-7-14-15(10-11)32-18(27-14)28-17(31)26-13-5-3-12(21)4-6-13;1-2/h2-7,10,25H,8-9H2,1H3,(H2,26,27,28,31);2H,1H3. The molecule has 0 aliphatic carbocycles. The zero-order chi connectivity index (χ0) is 25.1. The van der Waals surface area contributed by atoms with Gasteiger partial charge in [-0.1, -0.05) is 17.4 Å². The second-order valence-electron chi connectivity index (χ2n) is 7.19. The topological polar surface area (TPSA) is 107 Å². The summed E-state index contributed by atoms with van der Waals surface area (Å²) < 4.78 is 55.6. The first kappa shape index (κ1) is 25.3. The molecule has 1 unspecified atom stereocenters. The third-order valence-corrected chi connectivity index (χ3v) is 6.01. The highest BCUT2D eigenvalue weighted by molar-refractivity contribution is 7.22. The van der Waals surface area contributed by atoms with Crippen molar-refractivity contribution >= 4 is 44.3 Å². The quantitative estimate of drug-likeness (QED) is 0.413. The third kappa shape index (κ3) is 4.81. The lowest BCUT2D eigenvalue weighted by Crippen LogP contribution is -2.67. The molecule has 3 aromatic rings. The van der Waals surface area contributed by atoms with E-state index in [2.05, 4.69) is 20.9 Å². The van der Waals surface area contributed by atoms with Crippen LogP contribution in [0.1, 0.15) is 5.56 Å². The van der Waals surface area contributed by atoms with Crippen molar-refractivity contribution in [2.75, 3.05) is 37.9 Å². The van der Waals surface area contributed by atoms with Crippen molar-refractivity contribution < 1.29 is 32.3 Å². The number of alkyl halides is 3. The number of thiazole rings is 1. The number of rotatable bonds is 3. The fraction of sp³-hybridized carbons (Fsp3) is 0.286. The fourth-order valence-corrected chi connectivity index (χ4v) is 4.39. The number of urea groups is 1. The summed E-state index contributed by atoms with van der Waals surface area (Å²) in [5.41, 5.74) is -2.39. The van der Waals surface area contributed by atoms with Crippen LogP contribution in [-0.2, 0) is 10.3 Å². The molecule has 182 valence electrons.